The number of carbonyl (C=O) groups is 2. The SMILES string of the molecule is Cc1ncsc1-c1ccc([C@H](C)NC(=O)[C@@H]2C[C@@H](O)CN2C(=O)[C@@H](c2cc(OCCN3CCC(OC4CC(Oc5cc(N6[C@@H]7CC[C@H]6CN(c6cc(-c8ccccc8O)nnc6N)C7)ccn5)C4)CC3)no2)C(C)C)cc1. The Bertz CT molecular complexity index is 3000. The number of β-amino-alcohol motifs (C(OH)–C–C–N with tert-alkyl or cyclic N) is 1. The minimum absolute atomic E-state index is 0.0528. The van der Waals surface area contributed by atoms with Crippen LogP contribution in [0.1, 0.15) is 94.7 Å². The van der Waals surface area contributed by atoms with E-state index in [2.05, 4.69) is 57.5 Å². The number of aromatic nitrogens is 5. The number of amides is 2. The predicted molar refractivity (Wildman–Crippen MR) is 292 cm³/mol. The van der Waals surface area contributed by atoms with Crippen molar-refractivity contribution < 1.29 is 38.5 Å². The zero-order valence-corrected chi connectivity index (χ0v) is 44.9. The number of nitrogen functional groups attached to an aromatic ring is 1. The van der Waals surface area contributed by atoms with Crippen molar-refractivity contribution in [1.29, 1.82) is 0 Å². The van der Waals surface area contributed by atoms with Crippen LogP contribution in [0.15, 0.2) is 89.0 Å². The molecule has 6 aromatic rings. The Morgan fingerprint density at radius 3 is 2.38 bits per heavy atom. The second-order valence-corrected chi connectivity index (χ2v) is 22.6. The summed E-state index contributed by atoms with van der Waals surface area (Å²) in [5, 5.41) is 37.0. The average molecular weight is 1070 g/mol. The van der Waals surface area contributed by atoms with E-state index >= 15 is 0 Å². The van der Waals surface area contributed by atoms with Gasteiger partial charge in [-0.05, 0) is 86.0 Å². The number of para-hydroxylation sites is 1. The van der Waals surface area contributed by atoms with E-state index in [1.165, 1.54) is 4.90 Å². The van der Waals surface area contributed by atoms with Gasteiger partial charge in [0.15, 0.2) is 11.6 Å². The number of aryl methyl sites for hydroxylation is 1. The molecule has 1 aliphatic carbocycles. The molecule has 4 aliphatic heterocycles. The fourth-order valence-electron chi connectivity index (χ4n) is 11.9. The molecule has 8 heterocycles. The van der Waals surface area contributed by atoms with Crippen LogP contribution in [-0.2, 0) is 14.3 Å². The second-order valence-electron chi connectivity index (χ2n) is 21.7. The number of anilines is 3. The van der Waals surface area contributed by atoms with Crippen molar-refractivity contribution in [2.24, 2.45) is 5.92 Å². The van der Waals surface area contributed by atoms with E-state index in [4.69, 9.17) is 24.5 Å². The van der Waals surface area contributed by atoms with E-state index in [0.717, 1.165) is 97.8 Å². The van der Waals surface area contributed by atoms with Gasteiger partial charge in [0.25, 0.3) is 5.88 Å². The minimum atomic E-state index is -0.830. The monoisotopic (exact) mass is 1070 g/mol. The normalized spacial score (nSPS) is 23.5. The lowest BCUT2D eigenvalue weighted by molar-refractivity contribution is -0.141. The maximum atomic E-state index is 14.2. The first-order chi connectivity index (χ1) is 37.3. The minimum Gasteiger partial charge on any atom is -0.507 e. The van der Waals surface area contributed by atoms with Gasteiger partial charge in [-0.2, -0.15) is 0 Å². The summed E-state index contributed by atoms with van der Waals surface area (Å²) in [5.41, 5.74) is 14.4. The number of aliphatic hydroxyl groups is 1. The third kappa shape index (κ3) is 11.4. The van der Waals surface area contributed by atoms with Gasteiger partial charge in [-0.3, -0.25) is 14.5 Å². The highest BCUT2D eigenvalue weighted by Crippen LogP contribution is 2.41. The van der Waals surface area contributed by atoms with Crippen molar-refractivity contribution in [2.75, 3.05) is 61.4 Å². The molecule has 0 spiro atoms. The van der Waals surface area contributed by atoms with Crippen LogP contribution in [0.3, 0.4) is 0 Å². The number of hydrogen-bond donors (Lipinski definition) is 4. The Balaban J connectivity index is 0.601. The van der Waals surface area contributed by atoms with Gasteiger partial charge in [0.05, 0.1) is 51.8 Å². The molecule has 2 bridgehead atoms. The van der Waals surface area contributed by atoms with Crippen LogP contribution in [0.5, 0.6) is 17.5 Å². The summed E-state index contributed by atoms with van der Waals surface area (Å²) >= 11 is 1.59. The third-order valence-corrected chi connectivity index (χ3v) is 17.1. The summed E-state index contributed by atoms with van der Waals surface area (Å²) in [6.45, 7) is 12.3. The number of fused-ring (bicyclic) bond motifs is 2. The van der Waals surface area contributed by atoms with Crippen molar-refractivity contribution in [2.45, 2.75) is 127 Å². The predicted octanol–water partition coefficient (Wildman–Crippen LogP) is 7.15. The Morgan fingerprint density at radius 2 is 1.65 bits per heavy atom. The number of phenolic OH excluding ortho intramolecular Hbond substituents is 1. The third-order valence-electron chi connectivity index (χ3n) is 16.1. The first-order valence-corrected chi connectivity index (χ1v) is 28.0. The van der Waals surface area contributed by atoms with E-state index in [1.54, 1.807) is 29.5 Å². The molecule has 77 heavy (non-hydrogen) atoms. The molecule has 406 valence electrons. The lowest BCUT2D eigenvalue weighted by Gasteiger charge is -2.43. The molecule has 4 saturated heterocycles. The number of benzene rings is 2. The van der Waals surface area contributed by atoms with Gasteiger partial charge in [-0.1, -0.05) is 50.2 Å². The number of thiazole rings is 1. The second kappa shape index (κ2) is 22.6. The van der Waals surface area contributed by atoms with Gasteiger partial charge in [-0.15, -0.1) is 21.5 Å². The molecular formula is C57H69N11O8S. The smallest absolute Gasteiger partial charge is 0.254 e. The number of aliphatic hydroxyl groups excluding tert-OH is 1. The molecule has 20 heteroatoms. The van der Waals surface area contributed by atoms with Crippen molar-refractivity contribution in [3.63, 3.8) is 0 Å². The van der Waals surface area contributed by atoms with Crippen LogP contribution in [-0.4, -0.2) is 146 Å². The number of pyridine rings is 1. The highest BCUT2D eigenvalue weighted by Gasteiger charge is 2.45. The van der Waals surface area contributed by atoms with E-state index in [1.807, 2.05) is 81.9 Å². The zero-order chi connectivity index (χ0) is 53.3. The fraction of sp³-hybridized carbons (Fsp3) is 0.491. The molecular weight excluding hydrogens is 999 g/mol. The first-order valence-electron chi connectivity index (χ1n) is 27.2. The summed E-state index contributed by atoms with van der Waals surface area (Å²) in [7, 11) is 0. The molecule has 5 aliphatic rings. The number of piperidine rings is 1. The fourth-order valence-corrected chi connectivity index (χ4v) is 12.7. The van der Waals surface area contributed by atoms with Crippen LogP contribution < -0.4 is 30.3 Å². The Labute approximate surface area is 452 Å². The molecule has 0 unspecified atom stereocenters. The highest BCUT2D eigenvalue weighted by molar-refractivity contribution is 7.13. The van der Waals surface area contributed by atoms with Crippen LogP contribution in [0.2, 0.25) is 0 Å². The van der Waals surface area contributed by atoms with Gasteiger partial charge >= 0.3 is 0 Å². The largest absolute Gasteiger partial charge is 0.507 e. The van der Waals surface area contributed by atoms with Crippen LogP contribution >= 0.6 is 11.3 Å². The number of aromatic hydroxyl groups is 1. The lowest BCUT2D eigenvalue weighted by Crippen LogP contribution is -2.54. The number of ether oxygens (including phenoxy) is 3. The van der Waals surface area contributed by atoms with Crippen molar-refractivity contribution in [3.05, 3.63) is 102 Å². The van der Waals surface area contributed by atoms with Crippen LogP contribution in [0, 0.1) is 12.8 Å². The Morgan fingerprint density at radius 1 is 0.883 bits per heavy atom. The molecule has 2 amide bonds. The molecule has 1 saturated carbocycles. The van der Waals surface area contributed by atoms with Gasteiger partial charge in [-0.25, -0.2) is 9.97 Å². The maximum absolute atomic E-state index is 14.2. The molecule has 2 aromatic carbocycles. The average Bonchev–Trinajstić information content (AvgIpc) is 4.22. The molecule has 11 rings (SSSR count). The molecule has 5 fully saturated rings. The van der Waals surface area contributed by atoms with Crippen molar-refractivity contribution in [1.82, 2.24) is 40.4 Å². The number of rotatable bonds is 18. The van der Waals surface area contributed by atoms with E-state index < -0.39 is 18.1 Å². The number of phenols is 1. The summed E-state index contributed by atoms with van der Waals surface area (Å²) in [6, 6.07) is 22.4. The summed E-state index contributed by atoms with van der Waals surface area (Å²) in [5.74, 6) is 0.338. The van der Waals surface area contributed by atoms with Gasteiger partial charge in [0.1, 0.15) is 30.4 Å². The molecule has 5 N–H and O–H groups in total. The number of carbonyl (C=O) groups excluding carboxylic acids is 2. The molecule has 4 aromatic heterocycles. The number of piperazine rings is 1. The Kier molecular flexibility index (Phi) is 15.3. The van der Waals surface area contributed by atoms with Gasteiger partial charge in [0.2, 0.25) is 17.7 Å². The van der Waals surface area contributed by atoms with Crippen molar-refractivity contribution >= 4 is 40.3 Å². The number of nitrogens with zero attached hydrogens (tertiary/aromatic N) is 9. The topological polar surface area (TPSA) is 231 Å². The molecule has 6 atom stereocenters. The summed E-state index contributed by atoms with van der Waals surface area (Å²) in [6.07, 6.45) is 7.23. The lowest BCUT2D eigenvalue weighted by atomic mass is 9.91. The van der Waals surface area contributed by atoms with E-state index in [9.17, 15) is 19.8 Å². The van der Waals surface area contributed by atoms with Crippen LogP contribution in [0.25, 0.3) is 21.7 Å². The quantitative estimate of drug-likeness (QED) is 0.0669. The van der Waals surface area contributed by atoms with Gasteiger partial charge in [0, 0.05) is 100 Å². The summed E-state index contributed by atoms with van der Waals surface area (Å²) in [4.78, 5) is 46.7. The number of likely N-dealkylation sites (tertiary alicyclic amines) is 2. The zero-order valence-electron chi connectivity index (χ0n) is 44.1. The van der Waals surface area contributed by atoms with Gasteiger partial charge < -0.3 is 54.7 Å². The standard InChI is InChI=1S/C57H69N11O8S/c1-33(2)53(57(72)67-31-41(69)24-48(67)56(71)61-34(3)36-9-11-37(12-10-36)54-35(4)60-32-77-54)50-28-52(64-76-50)73-22-21-65-19-16-42(17-20-65)74-43-25-44(26-43)75-51-23-38(15-18-59-51)68-39-13-14-40(68)30-66(29-39)47-27-46(62-63-55(47)58)45-7-5-6-8-49(45)70/h5-12,15,18,23,27-28,32-34,39-44,48,53,69-70H,13-14,16-17,19-22,24-26,29-31H2,1-4H3,(H2,58,63)(H,61,71)/t34-,39-,40+,41+,43?,44?,48-,53+/m0/s1. The van der Waals surface area contributed by atoms with Crippen LogP contribution in [0.4, 0.5) is 17.2 Å². The maximum Gasteiger partial charge on any atom is 0.254 e. The highest BCUT2D eigenvalue weighted by atomic mass is 32.1. The van der Waals surface area contributed by atoms with Crippen molar-refractivity contribution in [3.8, 4) is 39.2 Å². The first kappa shape index (κ1) is 52.2. The number of nitrogens with two attached hydrogens (primary N) is 1. The summed E-state index contributed by atoms with van der Waals surface area (Å²) < 4.78 is 24.8. The molecule has 19 nitrogen and oxygen atoms in total. The van der Waals surface area contributed by atoms with E-state index in [0.29, 0.717) is 47.7 Å². The number of nitrogens with one attached hydrogen (secondary N) is 1. The van der Waals surface area contributed by atoms with E-state index in [-0.39, 0.29) is 72.9 Å². The molecule has 0 radical (unpaired) electrons. The Hall–Kier alpha value is -6.87. The number of hydrogen-bond acceptors (Lipinski definition) is 18.